The number of carboxylic acid groups (broad SMARTS) is 1. The number of nitrogens with zero attached hydrogens (tertiary/aromatic N) is 4. The number of rotatable bonds is 6. The Kier molecular flexibility index (Phi) is 13.0. The van der Waals surface area contributed by atoms with Crippen LogP contribution in [0.15, 0.2) is 107 Å². The van der Waals surface area contributed by atoms with Crippen LogP contribution < -0.4 is 40.7 Å². The molecule has 6 aromatic rings. The van der Waals surface area contributed by atoms with Crippen molar-refractivity contribution < 1.29 is 54.5 Å². The van der Waals surface area contributed by atoms with Crippen LogP contribution in [0.25, 0.3) is 21.5 Å². The summed E-state index contributed by atoms with van der Waals surface area (Å²) in [7, 11) is 1.32. The summed E-state index contributed by atoms with van der Waals surface area (Å²) in [6, 6.07) is 19.7. The molecule has 0 aliphatic carbocycles. The third kappa shape index (κ3) is 9.35. The molecule has 4 aromatic heterocycles. The Balaban J connectivity index is 0.000000245. The number of carboxylic acids is 1. The molecule has 234 valence electrons. The summed E-state index contributed by atoms with van der Waals surface area (Å²) in [4.78, 5) is 55.2. The molecule has 0 unspecified atom stereocenters. The van der Waals surface area contributed by atoms with Crippen molar-refractivity contribution >= 4 is 56.7 Å². The minimum Gasteiger partial charge on any atom is -0.870 e. The van der Waals surface area contributed by atoms with Gasteiger partial charge in [0.1, 0.15) is 0 Å². The van der Waals surface area contributed by atoms with Crippen LogP contribution in [0.4, 0.5) is 0 Å². The number of halogens is 2. The van der Waals surface area contributed by atoms with Crippen molar-refractivity contribution in [2.75, 3.05) is 7.11 Å². The molecule has 0 aliphatic rings. The molecule has 11 nitrogen and oxygen atoms in total. The van der Waals surface area contributed by atoms with Crippen LogP contribution in [0, 0.1) is 0 Å². The summed E-state index contributed by atoms with van der Waals surface area (Å²) in [6.07, 6.45) is 6.36. The van der Waals surface area contributed by atoms with Crippen LogP contribution in [0.5, 0.6) is 0 Å². The number of pyridine rings is 4. The maximum Gasteiger partial charge on any atom is 1.00 e. The number of aromatic carboxylic acids is 1. The molecular weight excluding hydrogens is 658 g/mol. The van der Waals surface area contributed by atoms with Crippen molar-refractivity contribution in [2.45, 2.75) is 13.1 Å². The van der Waals surface area contributed by atoms with E-state index in [0.717, 1.165) is 21.5 Å². The number of fused-ring (bicyclic) bond motifs is 2. The number of hydrogen-bond donors (Lipinski definition) is 1. The van der Waals surface area contributed by atoms with Gasteiger partial charge >= 0.3 is 41.5 Å². The predicted molar refractivity (Wildman–Crippen MR) is 173 cm³/mol. The first-order chi connectivity index (χ1) is 21.6. The van der Waals surface area contributed by atoms with E-state index in [9.17, 15) is 19.2 Å². The Hall–Kier alpha value is -4.36. The first kappa shape index (κ1) is 37.1. The molecule has 2 N–H and O–H groups in total. The van der Waals surface area contributed by atoms with E-state index in [1.54, 1.807) is 67.0 Å². The summed E-state index contributed by atoms with van der Waals surface area (Å²) in [5.74, 6) is -1.47. The third-order valence-corrected chi connectivity index (χ3v) is 7.25. The standard InChI is InChI=1S/C17H13ClN2O3.C16H11ClN2O3.Na.H2O/c1-23-17(22)12-4-5-19-15(7-12)10-20-9-13-6-14(18)3-2-11(13)8-16(20)21;17-13-2-1-10-7-15(20)19(8-12(10)5-13)9-14-6-11(16(21)22)3-4-18-14;;/h2-9H,10H2,1H3;1-8H,9H2,(H,21,22);;1H2/q;;+1;/p-1. The van der Waals surface area contributed by atoms with Crippen LogP contribution in [-0.2, 0) is 17.8 Å². The van der Waals surface area contributed by atoms with E-state index in [1.165, 1.54) is 46.8 Å². The molecule has 0 fully saturated rings. The van der Waals surface area contributed by atoms with Gasteiger partial charge in [0.25, 0.3) is 11.1 Å². The van der Waals surface area contributed by atoms with Crippen molar-refractivity contribution in [1.29, 1.82) is 0 Å². The van der Waals surface area contributed by atoms with Gasteiger partial charge < -0.3 is 24.5 Å². The summed E-state index contributed by atoms with van der Waals surface area (Å²) in [5.41, 5.74) is 1.30. The van der Waals surface area contributed by atoms with Gasteiger partial charge in [0.15, 0.2) is 0 Å². The van der Waals surface area contributed by atoms with Crippen LogP contribution in [-0.4, -0.2) is 48.7 Å². The number of benzene rings is 2. The molecular formula is C33H25Cl2N4NaO7. The number of carbonyl (C=O) groups is 2. The number of esters is 1. The first-order valence-corrected chi connectivity index (χ1v) is 14.2. The van der Waals surface area contributed by atoms with E-state index < -0.39 is 11.9 Å². The third-order valence-electron chi connectivity index (χ3n) is 6.78. The Bertz CT molecular complexity index is 2210. The number of hydrogen-bond acceptors (Lipinski definition) is 8. The summed E-state index contributed by atoms with van der Waals surface area (Å²) < 4.78 is 7.69. The van der Waals surface area contributed by atoms with Gasteiger partial charge in [-0.15, -0.1) is 0 Å². The molecule has 0 bridgehead atoms. The quantitative estimate of drug-likeness (QED) is 0.205. The van der Waals surface area contributed by atoms with Gasteiger partial charge in [0.05, 0.1) is 42.7 Å². The number of aromatic nitrogens is 4. The fourth-order valence-corrected chi connectivity index (χ4v) is 4.94. The monoisotopic (exact) mass is 682 g/mol. The van der Waals surface area contributed by atoms with E-state index in [1.807, 2.05) is 0 Å². The Morgan fingerprint density at radius 3 is 1.60 bits per heavy atom. The molecule has 2 aromatic carbocycles. The SMILES string of the molecule is COC(=O)c1ccnc(Cn2cc3cc(Cl)ccc3cc2=O)c1.O=C(O)c1ccnc(Cn2cc3cc(Cl)ccc3cc2=O)c1.[Na+].[OH-]. The molecule has 14 heteroatoms. The van der Waals surface area contributed by atoms with Crippen LogP contribution in [0.2, 0.25) is 10.0 Å². The number of carbonyl (C=O) groups excluding carboxylic acids is 1. The fraction of sp³-hybridized carbons (Fsp3) is 0.0909. The van der Waals surface area contributed by atoms with Crippen molar-refractivity contribution in [2.24, 2.45) is 0 Å². The summed E-state index contributed by atoms with van der Waals surface area (Å²) >= 11 is 12.0. The smallest absolute Gasteiger partial charge is 0.870 e. The normalized spacial score (nSPS) is 10.3. The van der Waals surface area contributed by atoms with E-state index in [4.69, 9.17) is 28.3 Å². The second kappa shape index (κ2) is 16.5. The van der Waals surface area contributed by atoms with E-state index >= 15 is 0 Å². The van der Waals surface area contributed by atoms with Crippen molar-refractivity contribution in [3.63, 3.8) is 0 Å². The van der Waals surface area contributed by atoms with Gasteiger partial charge in [-0.3, -0.25) is 19.6 Å². The van der Waals surface area contributed by atoms with Gasteiger partial charge in [-0.05, 0) is 70.1 Å². The molecule has 0 spiro atoms. The number of methoxy groups -OCH3 is 1. The minimum absolute atomic E-state index is 0. The average molecular weight is 683 g/mol. The second-order valence-corrected chi connectivity index (χ2v) is 10.8. The van der Waals surface area contributed by atoms with Gasteiger partial charge in [-0.25, -0.2) is 9.59 Å². The Labute approximate surface area is 299 Å². The predicted octanol–water partition coefficient (Wildman–Crippen LogP) is 2.51. The Morgan fingerprint density at radius 1 is 0.702 bits per heavy atom. The number of ether oxygens (including phenoxy) is 1. The van der Waals surface area contributed by atoms with E-state index in [0.29, 0.717) is 27.0 Å². The van der Waals surface area contributed by atoms with Gasteiger partial charge in [-0.2, -0.15) is 0 Å². The van der Waals surface area contributed by atoms with Gasteiger partial charge in [-0.1, -0.05) is 35.3 Å². The van der Waals surface area contributed by atoms with E-state index in [2.05, 4.69) is 14.7 Å². The van der Waals surface area contributed by atoms with Crippen molar-refractivity contribution in [3.05, 3.63) is 151 Å². The molecule has 0 radical (unpaired) electrons. The molecule has 4 heterocycles. The largest absolute Gasteiger partial charge is 1.00 e. The zero-order valence-electron chi connectivity index (χ0n) is 25.1. The fourth-order valence-electron chi connectivity index (χ4n) is 4.58. The average Bonchev–Trinajstić information content (AvgIpc) is 3.02. The topological polar surface area (TPSA) is 163 Å². The van der Waals surface area contributed by atoms with Gasteiger partial charge in [0, 0.05) is 47.0 Å². The van der Waals surface area contributed by atoms with Crippen LogP contribution in [0.3, 0.4) is 0 Å². The first-order valence-electron chi connectivity index (χ1n) is 13.4. The Morgan fingerprint density at radius 2 is 1.15 bits per heavy atom. The zero-order valence-corrected chi connectivity index (χ0v) is 28.6. The molecule has 47 heavy (non-hydrogen) atoms. The molecule has 0 aliphatic heterocycles. The maximum atomic E-state index is 12.2. The molecule has 0 atom stereocenters. The van der Waals surface area contributed by atoms with Crippen molar-refractivity contribution in [3.8, 4) is 0 Å². The summed E-state index contributed by atoms with van der Waals surface area (Å²) in [6.45, 7) is 0.453. The molecule has 6 rings (SSSR count). The second-order valence-electron chi connectivity index (χ2n) is 9.89. The van der Waals surface area contributed by atoms with Crippen molar-refractivity contribution in [1.82, 2.24) is 19.1 Å². The zero-order chi connectivity index (χ0) is 32.1. The maximum absolute atomic E-state index is 12.2. The van der Waals surface area contributed by atoms with E-state index in [-0.39, 0.29) is 64.8 Å². The molecule has 0 saturated heterocycles. The molecule has 0 amide bonds. The minimum atomic E-state index is -1.03. The van der Waals surface area contributed by atoms with Crippen LogP contribution >= 0.6 is 23.2 Å². The van der Waals surface area contributed by atoms with Crippen LogP contribution in [0.1, 0.15) is 32.1 Å². The van der Waals surface area contributed by atoms with Gasteiger partial charge in [0.2, 0.25) is 0 Å². The summed E-state index contributed by atoms with van der Waals surface area (Å²) in [5, 5.41) is 13.5. The molecule has 0 saturated carbocycles.